The van der Waals surface area contributed by atoms with Crippen LogP contribution in [-0.4, -0.2) is 39.1 Å². The van der Waals surface area contributed by atoms with Crippen LogP contribution in [-0.2, 0) is 13.6 Å². The quantitative estimate of drug-likeness (QED) is 0.929. The molecule has 1 aliphatic heterocycles. The Balaban J connectivity index is 1.61. The van der Waals surface area contributed by atoms with Gasteiger partial charge >= 0.3 is 0 Å². The first-order valence-corrected chi connectivity index (χ1v) is 7.90. The topological polar surface area (TPSA) is 58.9 Å². The first-order valence-electron chi connectivity index (χ1n) is 7.90. The van der Waals surface area contributed by atoms with Crippen molar-refractivity contribution in [3.63, 3.8) is 0 Å². The van der Waals surface area contributed by atoms with Gasteiger partial charge in [0.1, 0.15) is 0 Å². The van der Waals surface area contributed by atoms with Crippen LogP contribution in [0.3, 0.4) is 0 Å². The lowest BCUT2D eigenvalue weighted by Crippen LogP contribution is -2.45. The first kappa shape index (κ1) is 15.0. The third kappa shape index (κ3) is 3.11. The predicted octanol–water partition coefficient (Wildman–Crippen LogP) is 1.59. The molecule has 2 aromatic rings. The molecular formula is C16H24N6. The minimum Gasteiger partial charge on any atom is -0.354 e. The Kier molecular flexibility index (Phi) is 4.38. The van der Waals surface area contributed by atoms with Crippen LogP contribution >= 0.6 is 0 Å². The lowest BCUT2D eigenvalue weighted by atomic mass is 10.0. The van der Waals surface area contributed by atoms with Crippen molar-refractivity contribution in [3.8, 4) is 0 Å². The molecule has 1 atom stereocenters. The number of hydrogen-bond donors (Lipinski definition) is 1. The Hall–Kier alpha value is -1.95. The number of nitrogens with zero attached hydrogens (tertiary/aromatic N) is 5. The normalized spacial score (nSPS) is 18.7. The van der Waals surface area contributed by atoms with E-state index in [0.717, 1.165) is 31.1 Å². The van der Waals surface area contributed by atoms with Crippen LogP contribution in [0.1, 0.15) is 29.8 Å². The van der Waals surface area contributed by atoms with Crippen LogP contribution in [0.4, 0.5) is 5.82 Å². The lowest BCUT2D eigenvalue weighted by Gasteiger charge is -2.33. The van der Waals surface area contributed by atoms with Gasteiger partial charge in [-0.15, -0.1) is 5.10 Å². The molecule has 1 unspecified atom stereocenters. The Morgan fingerprint density at radius 1 is 1.36 bits per heavy atom. The monoisotopic (exact) mass is 300 g/mol. The Labute approximate surface area is 131 Å². The maximum absolute atomic E-state index is 4.48. The second-order valence-electron chi connectivity index (χ2n) is 6.02. The molecule has 3 rings (SSSR count). The fourth-order valence-corrected chi connectivity index (χ4v) is 3.13. The van der Waals surface area contributed by atoms with Gasteiger partial charge in [-0.2, -0.15) is 10.2 Å². The fourth-order valence-electron chi connectivity index (χ4n) is 3.13. The molecule has 2 aromatic heterocycles. The van der Waals surface area contributed by atoms with Crippen molar-refractivity contribution in [2.75, 3.05) is 18.0 Å². The average molecular weight is 300 g/mol. The highest BCUT2D eigenvalue weighted by Crippen LogP contribution is 2.18. The van der Waals surface area contributed by atoms with Gasteiger partial charge in [0.15, 0.2) is 5.82 Å². The molecule has 6 nitrogen and oxygen atoms in total. The van der Waals surface area contributed by atoms with Crippen LogP contribution in [0, 0.1) is 13.8 Å². The molecule has 6 heteroatoms. The summed E-state index contributed by atoms with van der Waals surface area (Å²) in [5, 5.41) is 16.4. The molecule has 0 saturated carbocycles. The second kappa shape index (κ2) is 6.44. The van der Waals surface area contributed by atoms with Crippen molar-refractivity contribution in [1.29, 1.82) is 0 Å². The van der Waals surface area contributed by atoms with Crippen molar-refractivity contribution in [3.05, 3.63) is 35.3 Å². The lowest BCUT2D eigenvalue weighted by molar-refractivity contribution is 0.418. The van der Waals surface area contributed by atoms with Gasteiger partial charge in [-0.1, -0.05) is 0 Å². The molecule has 1 N–H and O–H groups in total. The largest absolute Gasteiger partial charge is 0.354 e. The smallest absolute Gasteiger partial charge is 0.151 e. The van der Waals surface area contributed by atoms with E-state index >= 15 is 0 Å². The highest BCUT2D eigenvalue weighted by Gasteiger charge is 2.21. The number of aromatic nitrogens is 4. The number of rotatable bonds is 4. The maximum Gasteiger partial charge on any atom is 0.151 e. The molecule has 1 fully saturated rings. The number of aryl methyl sites for hydroxylation is 2. The van der Waals surface area contributed by atoms with Crippen LogP contribution in [0.25, 0.3) is 0 Å². The Bertz CT molecular complexity index is 621. The summed E-state index contributed by atoms with van der Waals surface area (Å²) in [5.74, 6) is 0.975. The molecule has 0 aliphatic carbocycles. The van der Waals surface area contributed by atoms with E-state index in [9.17, 15) is 0 Å². The minimum absolute atomic E-state index is 0.481. The van der Waals surface area contributed by atoms with E-state index < -0.39 is 0 Å². The highest BCUT2D eigenvalue weighted by molar-refractivity contribution is 5.37. The van der Waals surface area contributed by atoms with Crippen LogP contribution < -0.4 is 10.2 Å². The predicted molar refractivity (Wildman–Crippen MR) is 86.8 cm³/mol. The average Bonchev–Trinajstić information content (AvgIpc) is 2.79. The third-order valence-corrected chi connectivity index (χ3v) is 4.53. The molecule has 0 spiro atoms. The van der Waals surface area contributed by atoms with Gasteiger partial charge < -0.3 is 10.2 Å². The van der Waals surface area contributed by atoms with Crippen molar-refractivity contribution in [1.82, 2.24) is 25.3 Å². The van der Waals surface area contributed by atoms with E-state index in [1.807, 2.05) is 23.9 Å². The molecule has 0 aromatic carbocycles. The van der Waals surface area contributed by atoms with Gasteiger partial charge in [-0.05, 0) is 38.8 Å². The Morgan fingerprint density at radius 3 is 2.91 bits per heavy atom. The SMILES string of the molecule is Cc1nn(C)c(C)c1CNC1CCCN(c2cccnn2)C1. The van der Waals surface area contributed by atoms with Gasteiger partial charge in [0, 0.05) is 50.2 Å². The summed E-state index contributed by atoms with van der Waals surface area (Å²) in [5.41, 5.74) is 3.68. The Morgan fingerprint density at radius 2 is 2.23 bits per heavy atom. The summed E-state index contributed by atoms with van der Waals surface area (Å²) >= 11 is 0. The second-order valence-corrected chi connectivity index (χ2v) is 6.02. The van der Waals surface area contributed by atoms with E-state index in [2.05, 4.69) is 39.4 Å². The van der Waals surface area contributed by atoms with E-state index in [1.54, 1.807) is 6.20 Å². The maximum atomic E-state index is 4.48. The summed E-state index contributed by atoms with van der Waals surface area (Å²) in [6.07, 6.45) is 4.10. The molecule has 3 heterocycles. The highest BCUT2D eigenvalue weighted by atomic mass is 15.3. The zero-order chi connectivity index (χ0) is 15.5. The zero-order valence-corrected chi connectivity index (χ0v) is 13.6. The van der Waals surface area contributed by atoms with E-state index in [4.69, 9.17) is 0 Å². The standard InChI is InChI=1S/C16H24N6/c1-12-15(13(2)21(3)20-12)10-17-14-6-5-9-22(11-14)16-7-4-8-18-19-16/h4,7-8,14,17H,5-6,9-11H2,1-3H3. The summed E-state index contributed by atoms with van der Waals surface area (Å²) in [6.45, 7) is 7.13. The molecule has 1 aliphatic rings. The third-order valence-electron chi connectivity index (χ3n) is 4.53. The van der Waals surface area contributed by atoms with E-state index in [0.29, 0.717) is 6.04 Å². The van der Waals surface area contributed by atoms with Gasteiger partial charge in [0.25, 0.3) is 0 Å². The van der Waals surface area contributed by atoms with Gasteiger partial charge in [-0.25, -0.2) is 0 Å². The van der Waals surface area contributed by atoms with Crippen LogP contribution in [0.5, 0.6) is 0 Å². The summed E-state index contributed by atoms with van der Waals surface area (Å²) in [7, 11) is 2.00. The minimum atomic E-state index is 0.481. The molecule has 0 radical (unpaired) electrons. The molecule has 118 valence electrons. The number of nitrogens with one attached hydrogen (secondary N) is 1. The van der Waals surface area contributed by atoms with E-state index in [-0.39, 0.29) is 0 Å². The van der Waals surface area contributed by atoms with Crippen LogP contribution in [0.2, 0.25) is 0 Å². The molecule has 1 saturated heterocycles. The summed E-state index contributed by atoms with van der Waals surface area (Å²) in [6, 6.07) is 4.46. The summed E-state index contributed by atoms with van der Waals surface area (Å²) < 4.78 is 1.96. The molecule has 22 heavy (non-hydrogen) atoms. The van der Waals surface area contributed by atoms with Gasteiger partial charge in [0.2, 0.25) is 0 Å². The fraction of sp³-hybridized carbons (Fsp3) is 0.562. The van der Waals surface area contributed by atoms with Crippen molar-refractivity contribution < 1.29 is 0 Å². The van der Waals surface area contributed by atoms with Crippen LogP contribution in [0.15, 0.2) is 18.3 Å². The number of hydrogen-bond acceptors (Lipinski definition) is 5. The van der Waals surface area contributed by atoms with Crippen molar-refractivity contribution in [2.24, 2.45) is 7.05 Å². The first-order chi connectivity index (χ1) is 10.6. The van der Waals surface area contributed by atoms with Gasteiger partial charge in [-0.3, -0.25) is 4.68 Å². The van der Waals surface area contributed by atoms with Crippen molar-refractivity contribution >= 4 is 5.82 Å². The number of anilines is 1. The molecule has 0 bridgehead atoms. The molecular weight excluding hydrogens is 276 g/mol. The number of piperidine rings is 1. The van der Waals surface area contributed by atoms with E-state index in [1.165, 1.54) is 24.1 Å². The molecule has 0 amide bonds. The van der Waals surface area contributed by atoms with Gasteiger partial charge in [0.05, 0.1) is 5.69 Å². The zero-order valence-electron chi connectivity index (χ0n) is 13.6. The van der Waals surface area contributed by atoms with Crippen molar-refractivity contribution in [2.45, 2.75) is 39.3 Å². The summed E-state index contributed by atoms with van der Waals surface area (Å²) in [4.78, 5) is 2.32.